The number of hydrogen-bond acceptors (Lipinski definition) is 4. The average Bonchev–Trinajstić information content (AvgIpc) is 3.14. The number of aromatic nitrogens is 1. The molecule has 0 radical (unpaired) electrons. The second-order valence-corrected chi connectivity index (χ2v) is 7.70. The molecule has 0 spiro atoms. The first-order chi connectivity index (χ1) is 13.0. The molecule has 5 nitrogen and oxygen atoms in total. The van der Waals surface area contributed by atoms with E-state index in [9.17, 15) is 9.59 Å². The Balaban J connectivity index is 2.06. The predicted octanol–water partition coefficient (Wildman–Crippen LogP) is 4.77. The highest BCUT2D eigenvalue weighted by Crippen LogP contribution is 2.17. The number of hydrogen-bond donors (Lipinski definition) is 1. The van der Waals surface area contributed by atoms with Gasteiger partial charge in [0.15, 0.2) is 0 Å². The average molecular weight is 408 g/mol. The molecule has 0 saturated carbocycles. The third kappa shape index (κ3) is 6.63. The van der Waals surface area contributed by atoms with E-state index in [0.29, 0.717) is 35.9 Å². The first-order valence-corrected chi connectivity index (χ1v) is 10.6. The maximum absolute atomic E-state index is 12.9. The van der Waals surface area contributed by atoms with Crippen molar-refractivity contribution in [2.75, 3.05) is 13.1 Å². The lowest BCUT2D eigenvalue weighted by atomic mass is 10.2. The van der Waals surface area contributed by atoms with Crippen LogP contribution in [0.5, 0.6) is 0 Å². The Labute approximate surface area is 169 Å². The van der Waals surface area contributed by atoms with Crippen molar-refractivity contribution in [3.8, 4) is 0 Å². The largest absolute Gasteiger partial charge is 0.351 e. The summed E-state index contributed by atoms with van der Waals surface area (Å²) in [6.07, 6.45) is 3.88. The number of halogens is 1. The van der Waals surface area contributed by atoms with E-state index < -0.39 is 0 Å². The zero-order valence-corrected chi connectivity index (χ0v) is 17.4. The Bertz CT molecular complexity index is 746. The summed E-state index contributed by atoms with van der Waals surface area (Å²) in [4.78, 5) is 31.2. The van der Waals surface area contributed by atoms with Gasteiger partial charge in [0.05, 0.1) is 6.54 Å². The Morgan fingerprint density at radius 2 is 1.85 bits per heavy atom. The summed E-state index contributed by atoms with van der Waals surface area (Å²) in [5.41, 5.74) is 1.02. The number of benzene rings is 1. The second kappa shape index (κ2) is 11.0. The Kier molecular flexibility index (Phi) is 8.75. The first kappa shape index (κ1) is 21.4. The molecule has 1 aromatic heterocycles. The Morgan fingerprint density at radius 1 is 1.15 bits per heavy atom. The first-order valence-electron chi connectivity index (χ1n) is 9.32. The van der Waals surface area contributed by atoms with Gasteiger partial charge in [-0.1, -0.05) is 38.3 Å². The molecule has 2 aromatic rings. The summed E-state index contributed by atoms with van der Waals surface area (Å²) in [6.45, 7) is 5.87. The van der Waals surface area contributed by atoms with Crippen molar-refractivity contribution in [1.29, 1.82) is 0 Å². The topological polar surface area (TPSA) is 62.3 Å². The van der Waals surface area contributed by atoms with Crippen LogP contribution in [-0.2, 0) is 6.54 Å². The molecule has 0 aliphatic carbocycles. The second-order valence-electron chi connectivity index (χ2n) is 6.32. The minimum absolute atomic E-state index is 0.0516. The van der Waals surface area contributed by atoms with Gasteiger partial charge in [0.2, 0.25) is 0 Å². The van der Waals surface area contributed by atoms with Gasteiger partial charge in [-0.2, -0.15) is 0 Å². The molecule has 0 atom stereocenters. The van der Waals surface area contributed by atoms with Gasteiger partial charge in [-0.05, 0) is 37.1 Å². The fourth-order valence-corrected chi connectivity index (χ4v) is 3.41. The molecule has 2 amide bonds. The number of carbonyl (C=O) groups excluding carboxylic acids is 2. The van der Waals surface area contributed by atoms with Gasteiger partial charge in [-0.15, -0.1) is 11.3 Å². The van der Waals surface area contributed by atoms with Crippen molar-refractivity contribution in [3.05, 3.63) is 50.9 Å². The molecule has 0 fully saturated rings. The fraction of sp³-hybridized carbons (Fsp3) is 0.450. The van der Waals surface area contributed by atoms with Crippen LogP contribution in [0.4, 0.5) is 0 Å². The lowest BCUT2D eigenvalue weighted by molar-refractivity contribution is 0.0740. The quantitative estimate of drug-likeness (QED) is 0.577. The van der Waals surface area contributed by atoms with Crippen LogP contribution in [0.15, 0.2) is 29.6 Å². The van der Waals surface area contributed by atoms with E-state index in [1.807, 2.05) is 0 Å². The number of thiazole rings is 1. The standard InChI is InChI=1S/C20H26ClN3O2S/c1-3-5-11-22-19(25)17-14-27-18(23-17)13-24(12-6-4-2)20(26)15-7-9-16(21)10-8-15/h7-10,14H,3-6,11-13H2,1-2H3,(H,22,25). The van der Waals surface area contributed by atoms with E-state index in [0.717, 1.165) is 30.7 Å². The van der Waals surface area contributed by atoms with Gasteiger partial charge in [-0.3, -0.25) is 9.59 Å². The predicted molar refractivity (Wildman–Crippen MR) is 110 cm³/mol. The molecule has 7 heteroatoms. The molecule has 1 N–H and O–H groups in total. The lowest BCUT2D eigenvalue weighted by Crippen LogP contribution is -2.31. The van der Waals surface area contributed by atoms with E-state index in [1.54, 1.807) is 34.5 Å². The minimum atomic E-state index is -0.157. The van der Waals surface area contributed by atoms with Gasteiger partial charge in [0.1, 0.15) is 10.7 Å². The summed E-state index contributed by atoms with van der Waals surface area (Å²) in [5.74, 6) is -0.209. The molecule has 1 heterocycles. The van der Waals surface area contributed by atoms with Gasteiger partial charge in [0, 0.05) is 29.1 Å². The molecule has 0 bridgehead atoms. The summed E-state index contributed by atoms with van der Waals surface area (Å²) < 4.78 is 0. The maximum atomic E-state index is 12.9. The summed E-state index contributed by atoms with van der Waals surface area (Å²) in [5, 5.41) is 5.98. The van der Waals surface area contributed by atoms with Gasteiger partial charge < -0.3 is 10.2 Å². The highest BCUT2D eigenvalue weighted by atomic mass is 35.5. The monoisotopic (exact) mass is 407 g/mol. The van der Waals surface area contributed by atoms with Crippen molar-refractivity contribution < 1.29 is 9.59 Å². The van der Waals surface area contributed by atoms with Crippen molar-refractivity contribution in [3.63, 3.8) is 0 Å². The Hall–Kier alpha value is -1.92. The molecular weight excluding hydrogens is 382 g/mol. The molecule has 2 rings (SSSR count). The molecule has 0 unspecified atom stereocenters. The minimum Gasteiger partial charge on any atom is -0.351 e. The molecule has 0 aliphatic heterocycles. The third-order valence-electron chi connectivity index (χ3n) is 4.09. The van der Waals surface area contributed by atoms with Crippen LogP contribution in [0, 0.1) is 0 Å². The van der Waals surface area contributed by atoms with E-state index in [4.69, 9.17) is 11.6 Å². The van der Waals surface area contributed by atoms with Crippen molar-refractivity contribution in [1.82, 2.24) is 15.2 Å². The van der Waals surface area contributed by atoms with Crippen molar-refractivity contribution in [2.24, 2.45) is 0 Å². The van der Waals surface area contributed by atoms with Crippen LogP contribution in [0.3, 0.4) is 0 Å². The number of nitrogens with one attached hydrogen (secondary N) is 1. The number of rotatable bonds is 10. The van der Waals surface area contributed by atoms with Crippen LogP contribution in [-0.4, -0.2) is 34.8 Å². The van der Waals surface area contributed by atoms with E-state index in [2.05, 4.69) is 24.1 Å². The van der Waals surface area contributed by atoms with Crippen LogP contribution < -0.4 is 5.32 Å². The van der Waals surface area contributed by atoms with E-state index in [-0.39, 0.29) is 11.8 Å². The molecular formula is C20H26ClN3O2S. The van der Waals surface area contributed by atoms with Crippen molar-refractivity contribution in [2.45, 2.75) is 46.1 Å². The van der Waals surface area contributed by atoms with E-state index >= 15 is 0 Å². The molecule has 1 aromatic carbocycles. The lowest BCUT2D eigenvalue weighted by Gasteiger charge is -2.21. The highest BCUT2D eigenvalue weighted by molar-refractivity contribution is 7.09. The van der Waals surface area contributed by atoms with Crippen LogP contribution in [0.1, 0.15) is 65.4 Å². The zero-order valence-electron chi connectivity index (χ0n) is 15.8. The highest BCUT2D eigenvalue weighted by Gasteiger charge is 2.18. The summed E-state index contributed by atoms with van der Waals surface area (Å²) in [7, 11) is 0. The molecule has 0 aliphatic rings. The Morgan fingerprint density at radius 3 is 2.52 bits per heavy atom. The number of amides is 2. The van der Waals surface area contributed by atoms with E-state index in [1.165, 1.54) is 11.3 Å². The number of nitrogens with zero attached hydrogens (tertiary/aromatic N) is 2. The van der Waals surface area contributed by atoms with Gasteiger partial charge in [-0.25, -0.2) is 4.98 Å². The number of unbranched alkanes of at least 4 members (excludes halogenated alkanes) is 2. The fourth-order valence-electron chi connectivity index (χ4n) is 2.50. The van der Waals surface area contributed by atoms with Crippen LogP contribution in [0.2, 0.25) is 5.02 Å². The summed E-state index contributed by atoms with van der Waals surface area (Å²) in [6, 6.07) is 6.90. The maximum Gasteiger partial charge on any atom is 0.270 e. The van der Waals surface area contributed by atoms with Gasteiger partial charge in [0.25, 0.3) is 11.8 Å². The molecule has 27 heavy (non-hydrogen) atoms. The van der Waals surface area contributed by atoms with Crippen LogP contribution in [0.25, 0.3) is 0 Å². The molecule has 0 saturated heterocycles. The third-order valence-corrected chi connectivity index (χ3v) is 5.17. The van der Waals surface area contributed by atoms with Gasteiger partial charge >= 0.3 is 0 Å². The van der Waals surface area contributed by atoms with Crippen LogP contribution >= 0.6 is 22.9 Å². The molecule has 146 valence electrons. The summed E-state index contributed by atoms with van der Waals surface area (Å²) >= 11 is 7.32. The van der Waals surface area contributed by atoms with Crippen molar-refractivity contribution >= 4 is 34.8 Å². The SMILES string of the molecule is CCCCNC(=O)c1csc(CN(CCCC)C(=O)c2ccc(Cl)cc2)n1. The smallest absolute Gasteiger partial charge is 0.270 e. The number of carbonyl (C=O) groups is 2. The normalized spacial score (nSPS) is 10.6. The zero-order chi connectivity index (χ0) is 19.6.